The first-order valence-electron chi connectivity index (χ1n) is 14.6. The number of nitrogens with zero attached hydrogens (tertiary/aromatic N) is 3. The number of hydrogen-bond donors (Lipinski definition) is 3. The molecule has 48 heavy (non-hydrogen) atoms. The van der Waals surface area contributed by atoms with E-state index in [1.54, 1.807) is 0 Å². The summed E-state index contributed by atoms with van der Waals surface area (Å²) in [5.74, 6) is 0. The molecule has 0 saturated heterocycles. The second-order valence-corrected chi connectivity index (χ2v) is 22.8. The molecule has 9 rings (SSSR count). The standard InChI is InChI=1S/3C12H9IN2S/c3*13-16-11-4-2-1-3-9(11)15-10-6-5-8(14)7-12(10)16/h3*1-7H,14H2. The number of nitrogens with two attached hydrogens (primary N) is 3. The number of hydrogen-bond acceptors (Lipinski definition) is 6. The molecule has 0 amide bonds. The van der Waals surface area contributed by atoms with E-state index in [2.05, 4.69) is 133 Å². The molecule has 3 aliphatic heterocycles. The van der Waals surface area contributed by atoms with Crippen molar-refractivity contribution >= 4 is 121 Å². The van der Waals surface area contributed by atoms with Crippen LogP contribution in [0, 0.1) is 13.5 Å². The lowest BCUT2D eigenvalue weighted by atomic mass is 10.3. The molecule has 0 radical (unpaired) electrons. The number of anilines is 3. The second kappa shape index (κ2) is 14.7. The molecule has 6 aromatic carbocycles. The first kappa shape index (κ1) is 33.8. The van der Waals surface area contributed by atoms with Crippen molar-refractivity contribution in [1.29, 1.82) is 0 Å². The molecule has 3 heterocycles. The Morgan fingerprint density at radius 1 is 0.375 bits per heavy atom. The molecule has 0 aromatic heterocycles. The van der Waals surface area contributed by atoms with Gasteiger partial charge in [0.05, 0.1) is 33.1 Å². The molecule has 3 atom stereocenters. The van der Waals surface area contributed by atoms with Gasteiger partial charge in [-0.25, -0.2) is 15.0 Å². The average Bonchev–Trinajstić information content (AvgIpc) is 3.10. The molecule has 0 spiro atoms. The minimum atomic E-state index is 0.0459. The molecule has 6 N–H and O–H groups in total. The maximum absolute atomic E-state index is 5.82. The van der Waals surface area contributed by atoms with Crippen molar-refractivity contribution in [2.45, 2.75) is 14.7 Å². The highest BCUT2D eigenvalue weighted by molar-refractivity contribution is 14.2. The lowest BCUT2D eigenvalue weighted by Gasteiger charge is -2.11. The van der Waals surface area contributed by atoms with Gasteiger partial charge in [0, 0.05) is 45.3 Å². The van der Waals surface area contributed by atoms with E-state index in [1.807, 2.05) is 72.8 Å². The van der Waals surface area contributed by atoms with Gasteiger partial charge in [0.15, 0.2) is 0 Å². The lowest BCUT2D eigenvalue weighted by Crippen LogP contribution is -2.04. The van der Waals surface area contributed by atoms with Crippen molar-refractivity contribution in [3.63, 3.8) is 0 Å². The van der Waals surface area contributed by atoms with Crippen LogP contribution in [0.3, 0.4) is 0 Å². The summed E-state index contributed by atoms with van der Waals surface area (Å²) in [6.07, 6.45) is 0. The van der Waals surface area contributed by atoms with Crippen LogP contribution in [-0.2, 0) is 0 Å². The molecule has 0 saturated carbocycles. The van der Waals surface area contributed by atoms with Gasteiger partial charge in [0.25, 0.3) is 0 Å². The van der Waals surface area contributed by atoms with Gasteiger partial charge in [-0.1, -0.05) is 59.4 Å². The fourth-order valence-electron chi connectivity index (χ4n) is 5.15. The van der Waals surface area contributed by atoms with E-state index in [4.69, 9.17) is 17.2 Å². The van der Waals surface area contributed by atoms with Crippen molar-refractivity contribution in [3.05, 3.63) is 157 Å². The van der Waals surface area contributed by atoms with E-state index >= 15 is 0 Å². The smallest absolute Gasteiger partial charge is 0.0777 e. The lowest BCUT2D eigenvalue weighted by molar-refractivity contribution is 1.25. The number of benzene rings is 6. The van der Waals surface area contributed by atoms with E-state index < -0.39 is 0 Å². The van der Waals surface area contributed by atoms with E-state index in [1.165, 1.54) is 28.2 Å². The van der Waals surface area contributed by atoms with Gasteiger partial charge in [-0.15, -0.1) is 0 Å². The van der Waals surface area contributed by atoms with Crippen molar-refractivity contribution in [2.24, 2.45) is 15.0 Å². The average molecular weight is 1020 g/mol. The second-order valence-electron chi connectivity index (χ2n) is 10.7. The Kier molecular flexibility index (Phi) is 10.4. The Hall–Kier alpha value is -2.64. The summed E-state index contributed by atoms with van der Waals surface area (Å²) in [6, 6.07) is 42.7. The van der Waals surface area contributed by atoms with Crippen molar-refractivity contribution in [3.8, 4) is 0 Å². The minimum absolute atomic E-state index is 0.0459. The minimum Gasteiger partial charge on any atom is -0.399 e. The van der Waals surface area contributed by atoms with Crippen LogP contribution in [0.1, 0.15) is 0 Å². The Morgan fingerprint density at radius 2 is 0.646 bits per heavy atom. The number of nitrogen functional groups attached to an aromatic ring is 3. The molecule has 0 aliphatic carbocycles. The van der Waals surface area contributed by atoms with Crippen LogP contribution >= 0.6 is 86.6 Å². The molecule has 3 aliphatic rings. The van der Waals surface area contributed by atoms with Crippen LogP contribution in [0.5, 0.6) is 0 Å². The molecule has 12 heteroatoms. The molecule has 6 aromatic rings. The molecule has 240 valence electrons. The fourth-order valence-corrected chi connectivity index (χ4v) is 15.5. The van der Waals surface area contributed by atoms with Crippen LogP contribution in [-0.4, -0.2) is 0 Å². The Balaban J connectivity index is 0.000000114. The van der Waals surface area contributed by atoms with Gasteiger partial charge in [0.1, 0.15) is 0 Å². The summed E-state index contributed by atoms with van der Waals surface area (Å²) in [7, 11) is 0.138. The Labute approximate surface area is 320 Å². The van der Waals surface area contributed by atoms with Crippen LogP contribution in [0.15, 0.2) is 157 Å². The third-order valence-corrected chi connectivity index (χ3v) is 20.3. The number of fused-ring (bicyclic) bond motifs is 6. The predicted octanol–water partition coefficient (Wildman–Crippen LogP) is 10.4. The summed E-state index contributed by atoms with van der Waals surface area (Å²) in [5.41, 5.74) is 23.0. The first-order chi connectivity index (χ1) is 23.3. The highest BCUT2D eigenvalue weighted by Crippen LogP contribution is 2.46. The van der Waals surface area contributed by atoms with Crippen LogP contribution in [0.4, 0.5) is 34.1 Å². The summed E-state index contributed by atoms with van der Waals surface area (Å²) in [4.78, 5) is 17.6. The third-order valence-electron chi connectivity index (χ3n) is 7.43. The molecular weight excluding hydrogens is 993 g/mol. The predicted molar refractivity (Wildman–Crippen MR) is 230 cm³/mol. The third kappa shape index (κ3) is 7.01. The van der Waals surface area contributed by atoms with E-state index in [0.717, 1.165) is 50.2 Å². The highest BCUT2D eigenvalue weighted by Gasteiger charge is 2.12. The fraction of sp³-hybridized carbons (Fsp3) is 0. The summed E-state index contributed by atoms with van der Waals surface area (Å²) >= 11 is 7.41. The van der Waals surface area contributed by atoms with Crippen LogP contribution < -0.4 is 33.3 Å². The summed E-state index contributed by atoms with van der Waals surface area (Å²) in [5, 5.41) is 3.24. The normalized spacial score (nSPS) is 17.2. The van der Waals surface area contributed by atoms with Gasteiger partial charge in [-0.05, 0) is 155 Å². The number of para-hydroxylation sites is 3. The Bertz CT molecular complexity index is 2380. The largest absolute Gasteiger partial charge is 0.399 e. The summed E-state index contributed by atoms with van der Waals surface area (Å²) in [6.45, 7) is 0. The zero-order valence-corrected chi connectivity index (χ0v) is 34.0. The molecule has 0 fully saturated rings. The van der Waals surface area contributed by atoms with E-state index in [0.29, 0.717) is 0 Å². The Morgan fingerprint density at radius 3 is 0.938 bits per heavy atom. The molecule has 6 nitrogen and oxygen atoms in total. The maximum Gasteiger partial charge on any atom is 0.0777 e. The zero-order valence-electron chi connectivity index (χ0n) is 25.1. The molecule has 3 unspecified atom stereocenters. The van der Waals surface area contributed by atoms with E-state index in [-0.39, 0.29) is 23.0 Å². The zero-order chi connectivity index (χ0) is 33.4. The quantitative estimate of drug-likeness (QED) is 0.0800. The van der Waals surface area contributed by atoms with Crippen molar-refractivity contribution in [1.82, 2.24) is 0 Å². The molecule has 0 bridgehead atoms. The monoisotopic (exact) mass is 1020 g/mol. The number of rotatable bonds is 0. The van der Waals surface area contributed by atoms with E-state index in [9.17, 15) is 0 Å². The van der Waals surface area contributed by atoms with Crippen molar-refractivity contribution < 1.29 is 0 Å². The van der Waals surface area contributed by atoms with Crippen LogP contribution in [0.25, 0.3) is 0 Å². The SMILES string of the molecule is Nc1ccc2c(c1)S(I)=c1ccccc1=N2.Nc1ccc2c(c1)S(I)=c1ccccc1=N2.Nc1ccc2c(c1)S(I)=c1ccccc1=N2. The van der Waals surface area contributed by atoms with Crippen molar-refractivity contribution in [2.75, 3.05) is 17.2 Å². The van der Waals surface area contributed by atoms with Gasteiger partial charge in [-0.3, -0.25) is 0 Å². The topological polar surface area (TPSA) is 115 Å². The van der Waals surface area contributed by atoms with Crippen LogP contribution in [0.2, 0.25) is 0 Å². The van der Waals surface area contributed by atoms with Gasteiger partial charge >= 0.3 is 0 Å². The van der Waals surface area contributed by atoms with Gasteiger partial charge < -0.3 is 17.2 Å². The van der Waals surface area contributed by atoms with Gasteiger partial charge in [0.2, 0.25) is 0 Å². The van der Waals surface area contributed by atoms with Gasteiger partial charge in [-0.2, -0.15) is 0 Å². The first-order valence-corrected chi connectivity index (χ1v) is 25.9. The summed E-state index contributed by atoms with van der Waals surface area (Å²) < 4.78 is 3.88. The highest BCUT2D eigenvalue weighted by atomic mass is 127. The maximum atomic E-state index is 5.82. The number of halogens is 3. The molecular formula is C36H27I3N6S3.